The molecule has 1 radical (unpaired) electrons. The lowest BCUT2D eigenvalue weighted by atomic mass is 9.79. The molecule has 0 nitrogen and oxygen atoms in total. The zero-order chi connectivity index (χ0) is 8.10. The van der Waals surface area contributed by atoms with E-state index in [9.17, 15) is 0 Å². The molecule has 1 aliphatic carbocycles. The Bertz CT molecular complexity index is 88.2. The van der Waals surface area contributed by atoms with Gasteiger partial charge in [0, 0.05) is 0 Å². The molecule has 0 aromatic rings. The number of hydrogen-bond acceptors (Lipinski definition) is 0. The number of rotatable bonds is 3. The minimum atomic E-state index is 0.947. The first-order valence-electron chi connectivity index (χ1n) is 5.16. The van der Waals surface area contributed by atoms with Crippen LogP contribution in [0.25, 0.3) is 0 Å². The molecule has 0 unspecified atom stereocenters. The summed E-state index contributed by atoms with van der Waals surface area (Å²) in [6.45, 7) is 4.52. The summed E-state index contributed by atoms with van der Waals surface area (Å²) in [7, 11) is 0. The van der Waals surface area contributed by atoms with E-state index in [1.165, 1.54) is 38.5 Å². The Labute approximate surface area is 71.4 Å². The third-order valence-electron chi connectivity index (χ3n) is 3.06. The van der Waals surface area contributed by atoms with Crippen LogP contribution >= 0.6 is 0 Å². The van der Waals surface area contributed by atoms with E-state index in [2.05, 4.69) is 20.3 Å². The molecule has 0 spiro atoms. The van der Waals surface area contributed by atoms with Gasteiger partial charge < -0.3 is 0 Å². The highest BCUT2D eigenvalue weighted by atomic mass is 14.2. The van der Waals surface area contributed by atoms with Gasteiger partial charge in [0.2, 0.25) is 0 Å². The third kappa shape index (κ3) is 2.84. The van der Waals surface area contributed by atoms with Crippen LogP contribution in [0, 0.1) is 18.3 Å². The SMILES string of the molecule is C[CH]C1CCC(CCC)CC1. The fourth-order valence-electron chi connectivity index (χ4n) is 2.22. The normalized spacial score (nSPS) is 32.2. The van der Waals surface area contributed by atoms with Gasteiger partial charge in [-0.05, 0) is 31.1 Å². The average Bonchev–Trinajstić information content (AvgIpc) is 2.07. The predicted molar refractivity (Wildman–Crippen MR) is 50.3 cm³/mol. The Hall–Kier alpha value is 0. The first kappa shape index (κ1) is 9.09. The summed E-state index contributed by atoms with van der Waals surface area (Å²) in [6, 6.07) is 0. The standard InChI is InChI=1S/C11H21/c1-3-5-11-8-6-10(4-2)7-9-11/h4,10-11H,3,5-9H2,1-2H3. The zero-order valence-electron chi connectivity index (χ0n) is 7.97. The molecular formula is C11H21. The Morgan fingerprint density at radius 1 is 1.18 bits per heavy atom. The lowest BCUT2D eigenvalue weighted by Crippen LogP contribution is -2.13. The Kier molecular flexibility index (Phi) is 3.96. The fraction of sp³-hybridized carbons (Fsp3) is 0.909. The van der Waals surface area contributed by atoms with Gasteiger partial charge in [0.15, 0.2) is 0 Å². The molecular weight excluding hydrogens is 132 g/mol. The summed E-state index contributed by atoms with van der Waals surface area (Å²) in [5.74, 6) is 2.01. The van der Waals surface area contributed by atoms with Crippen molar-refractivity contribution in [3.05, 3.63) is 6.42 Å². The van der Waals surface area contributed by atoms with E-state index in [1.54, 1.807) is 0 Å². The van der Waals surface area contributed by atoms with E-state index in [0.29, 0.717) is 0 Å². The average molecular weight is 153 g/mol. The van der Waals surface area contributed by atoms with Crippen molar-refractivity contribution in [3.8, 4) is 0 Å². The second-order valence-corrected chi connectivity index (χ2v) is 3.90. The molecule has 0 heterocycles. The molecule has 0 heteroatoms. The molecule has 0 aromatic carbocycles. The van der Waals surface area contributed by atoms with Crippen LogP contribution in [-0.2, 0) is 0 Å². The van der Waals surface area contributed by atoms with Crippen molar-refractivity contribution in [1.29, 1.82) is 0 Å². The van der Waals surface area contributed by atoms with Crippen molar-refractivity contribution in [2.75, 3.05) is 0 Å². The molecule has 1 saturated carbocycles. The summed E-state index contributed by atoms with van der Waals surface area (Å²) in [5, 5.41) is 0. The monoisotopic (exact) mass is 153 g/mol. The fourth-order valence-corrected chi connectivity index (χ4v) is 2.22. The van der Waals surface area contributed by atoms with Crippen molar-refractivity contribution in [2.24, 2.45) is 11.8 Å². The van der Waals surface area contributed by atoms with Crippen molar-refractivity contribution in [1.82, 2.24) is 0 Å². The minimum absolute atomic E-state index is 0.947. The highest BCUT2D eigenvalue weighted by Gasteiger charge is 2.18. The van der Waals surface area contributed by atoms with Crippen molar-refractivity contribution >= 4 is 0 Å². The van der Waals surface area contributed by atoms with E-state index in [1.807, 2.05) is 0 Å². The van der Waals surface area contributed by atoms with Crippen LogP contribution in [0.1, 0.15) is 52.4 Å². The number of hydrogen-bond donors (Lipinski definition) is 0. The van der Waals surface area contributed by atoms with Crippen LogP contribution < -0.4 is 0 Å². The smallest absolute Gasteiger partial charge is 0.0386 e. The van der Waals surface area contributed by atoms with Gasteiger partial charge >= 0.3 is 0 Å². The Morgan fingerprint density at radius 2 is 1.82 bits per heavy atom. The van der Waals surface area contributed by atoms with Crippen LogP contribution in [0.3, 0.4) is 0 Å². The quantitative estimate of drug-likeness (QED) is 0.578. The molecule has 11 heavy (non-hydrogen) atoms. The molecule has 1 rings (SSSR count). The van der Waals surface area contributed by atoms with E-state index in [4.69, 9.17) is 0 Å². The molecule has 1 fully saturated rings. The third-order valence-corrected chi connectivity index (χ3v) is 3.06. The topological polar surface area (TPSA) is 0 Å². The van der Waals surface area contributed by atoms with E-state index < -0.39 is 0 Å². The maximum Gasteiger partial charge on any atom is -0.0386 e. The molecule has 1 aliphatic rings. The van der Waals surface area contributed by atoms with Gasteiger partial charge in [-0.25, -0.2) is 0 Å². The van der Waals surface area contributed by atoms with Gasteiger partial charge in [-0.15, -0.1) is 0 Å². The molecule has 65 valence electrons. The maximum absolute atomic E-state index is 2.39. The lowest BCUT2D eigenvalue weighted by Gasteiger charge is -2.27. The molecule has 0 aromatic heterocycles. The maximum atomic E-state index is 2.39. The summed E-state index contributed by atoms with van der Waals surface area (Å²) in [5.41, 5.74) is 0. The molecule has 0 N–H and O–H groups in total. The van der Waals surface area contributed by atoms with Crippen molar-refractivity contribution in [2.45, 2.75) is 52.4 Å². The van der Waals surface area contributed by atoms with Crippen LogP contribution in [0.15, 0.2) is 0 Å². The van der Waals surface area contributed by atoms with Crippen molar-refractivity contribution in [3.63, 3.8) is 0 Å². The first-order valence-corrected chi connectivity index (χ1v) is 5.16. The predicted octanol–water partition coefficient (Wildman–Crippen LogP) is 3.82. The second-order valence-electron chi connectivity index (χ2n) is 3.90. The first-order chi connectivity index (χ1) is 5.36. The summed E-state index contributed by atoms with van der Waals surface area (Å²) in [6.07, 6.45) is 11.1. The van der Waals surface area contributed by atoms with E-state index in [-0.39, 0.29) is 0 Å². The largest absolute Gasteiger partial charge is 0.0654 e. The van der Waals surface area contributed by atoms with Crippen molar-refractivity contribution < 1.29 is 0 Å². The molecule has 0 aliphatic heterocycles. The van der Waals surface area contributed by atoms with E-state index >= 15 is 0 Å². The van der Waals surface area contributed by atoms with E-state index in [0.717, 1.165) is 11.8 Å². The highest BCUT2D eigenvalue weighted by Crippen LogP contribution is 2.32. The summed E-state index contributed by atoms with van der Waals surface area (Å²) >= 11 is 0. The molecule has 0 saturated heterocycles. The van der Waals surface area contributed by atoms with Gasteiger partial charge in [0.25, 0.3) is 0 Å². The Balaban J connectivity index is 2.14. The summed E-state index contributed by atoms with van der Waals surface area (Å²) < 4.78 is 0. The minimum Gasteiger partial charge on any atom is -0.0654 e. The van der Waals surface area contributed by atoms with Gasteiger partial charge in [0.1, 0.15) is 0 Å². The Morgan fingerprint density at radius 3 is 2.27 bits per heavy atom. The lowest BCUT2D eigenvalue weighted by molar-refractivity contribution is 0.284. The second kappa shape index (κ2) is 4.79. The summed E-state index contributed by atoms with van der Waals surface area (Å²) in [4.78, 5) is 0. The molecule has 0 bridgehead atoms. The van der Waals surface area contributed by atoms with Gasteiger partial charge in [-0.1, -0.05) is 39.5 Å². The molecule has 0 amide bonds. The van der Waals surface area contributed by atoms with Crippen LogP contribution in [0.5, 0.6) is 0 Å². The van der Waals surface area contributed by atoms with Crippen LogP contribution in [0.2, 0.25) is 0 Å². The van der Waals surface area contributed by atoms with Crippen LogP contribution in [0.4, 0.5) is 0 Å². The van der Waals surface area contributed by atoms with Gasteiger partial charge in [0.05, 0.1) is 0 Å². The van der Waals surface area contributed by atoms with Gasteiger partial charge in [-0.2, -0.15) is 0 Å². The molecule has 0 atom stereocenters. The zero-order valence-corrected chi connectivity index (χ0v) is 7.97. The highest BCUT2D eigenvalue weighted by molar-refractivity contribution is 4.78. The van der Waals surface area contributed by atoms with Crippen LogP contribution in [-0.4, -0.2) is 0 Å². The van der Waals surface area contributed by atoms with Gasteiger partial charge in [-0.3, -0.25) is 0 Å².